The number of ether oxygens (including phenoxy) is 1. The molecule has 0 atom stereocenters. The van der Waals surface area contributed by atoms with Gasteiger partial charge in [0.1, 0.15) is 5.75 Å². The van der Waals surface area contributed by atoms with Crippen molar-refractivity contribution >= 4 is 11.8 Å². The van der Waals surface area contributed by atoms with Crippen LogP contribution in [0.2, 0.25) is 0 Å². The fourth-order valence-corrected chi connectivity index (χ4v) is 1.43. The lowest BCUT2D eigenvalue weighted by atomic mass is 10.4. The highest BCUT2D eigenvalue weighted by Crippen LogP contribution is 2.15. The zero-order valence-corrected chi connectivity index (χ0v) is 9.32. The average Bonchev–Trinajstić information content (AvgIpc) is 2.33. The molecular formula is C10H9N3O2S. The summed E-state index contributed by atoms with van der Waals surface area (Å²) in [5.74, 6) is 0.664. The number of thioether (sulfide) groups is 1. The standard InChI is InChI=1S/C10H9N3O2S/c1-16-10-12-6-8(9(14)13-10)15-7-3-2-4-11-5-7/h2-6H,1H3,(H,12,13,14). The van der Waals surface area contributed by atoms with E-state index in [1.807, 2.05) is 6.26 Å². The fraction of sp³-hybridized carbons (Fsp3) is 0.100. The SMILES string of the molecule is CSc1ncc(Oc2cccnc2)c(=O)[nH]1. The molecule has 0 radical (unpaired) electrons. The molecule has 5 nitrogen and oxygen atoms in total. The first-order valence-corrected chi connectivity index (χ1v) is 5.73. The van der Waals surface area contributed by atoms with Crippen LogP contribution in [0, 0.1) is 0 Å². The number of nitrogens with zero attached hydrogens (tertiary/aromatic N) is 2. The van der Waals surface area contributed by atoms with E-state index in [1.54, 1.807) is 18.3 Å². The van der Waals surface area contributed by atoms with Gasteiger partial charge < -0.3 is 4.74 Å². The molecule has 2 rings (SSSR count). The number of H-pyrrole nitrogens is 1. The molecule has 0 saturated carbocycles. The molecule has 0 aliphatic rings. The summed E-state index contributed by atoms with van der Waals surface area (Å²) >= 11 is 1.36. The second-order valence-corrected chi connectivity index (χ2v) is 3.67. The van der Waals surface area contributed by atoms with Gasteiger partial charge in [-0.1, -0.05) is 11.8 Å². The first-order valence-electron chi connectivity index (χ1n) is 4.51. The smallest absolute Gasteiger partial charge is 0.294 e. The predicted molar refractivity (Wildman–Crippen MR) is 60.9 cm³/mol. The van der Waals surface area contributed by atoms with Crippen molar-refractivity contribution < 1.29 is 4.74 Å². The molecular weight excluding hydrogens is 226 g/mol. The third-order valence-corrected chi connectivity index (χ3v) is 2.39. The summed E-state index contributed by atoms with van der Waals surface area (Å²) in [6, 6.07) is 3.45. The van der Waals surface area contributed by atoms with E-state index < -0.39 is 0 Å². The molecule has 0 fully saturated rings. The van der Waals surface area contributed by atoms with Crippen molar-refractivity contribution in [2.45, 2.75) is 5.16 Å². The number of pyridine rings is 1. The molecule has 82 valence electrons. The monoisotopic (exact) mass is 235 g/mol. The van der Waals surface area contributed by atoms with Crippen LogP contribution in [0.15, 0.2) is 40.7 Å². The van der Waals surface area contributed by atoms with Crippen molar-refractivity contribution in [2.75, 3.05) is 6.26 Å². The van der Waals surface area contributed by atoms with Crippen LogP contribution in [-0.2, 0) is 0 Å². The Morgan fingerprint density at radius 3 is 2.94 bits per heavy atom. The van der Waals surface area contributed by atoms with Gasteiger partial charge in [0.2, 0.25) is 5.75 Å². The van der Waals surface area contributed by atoms with Crippen LogP contribution < -0.4 is 10.3 Å². The molecule has 0 saturated heterocycles. The van der Waals surface area contributed by atoms with Gasteiger partial charge in [0.05, 0.1) is 12.4 Å². The molecule has 0 bridgehead atoms. The van der Waals surface area contributed by atoms with Crippen LogP contribution >= 0.6 is 11.8 Å². The molecule has 0 spiro atoms. The highest BCUT2D eigenvalue weighted by molar-refractivity contribution is 7.98. The minimum absolute atomic E-state index is 0.158. The highest BCUT2D eigenvalue weighted by atomic mass is 32.2. The minimum atomic E-state index is -0.303. The van der Waals surface area contributed by atoms with Crippen molar-refractivity contribution in [3.63, 3.8) is 0 Å². The quantitative estimate of drug-likeness (QED) is 0.647. The topological polar surface area (TPSA) is 67.9 Å². The molecule has 0 aliphatic heterocycles. The summed E-state index contributed by atoms with van der Waals surface area (Å²) in [7, 11) is 0. The third-order valence-electron chi connectivity index (χ3n) is 1.80. The van der Waals surface area contributed by atoms with Crippen molar-refractivity contribution in [3.05, 3.63) is 41.1 Å². The van der Waals surface area contributed by atoms with Gasteiger partial charge in [-0.2, -0.15) is 0 Å². The van der Waals surface area contributed by atoms with Crippen LogP contribution in [0.3, 0.4) is 0 Å². The molecule has 6 heteroatoms. The zero-order valence-electron chi connectivity index (χ0n) is 8.51. The van der Waals surface area contributed by atoms with Crippen LogP contribution in [0.1, 0.15) is 0 Å². The highest BCUT2D eigenvalue weighted by Gasteiger charge is 2.04. The van der Waals surface area contributed by atoms with Gasteiger partial charge in [-0.25, -0.2) is 4.98 Å². The van der Waals surface area contributed by atoms with E-state index in [0.29, 0.717) is 10.9 Å². The minimum Gasteiger partial charge on any atom is -0.448 e. The predicted octanol–water partition coefficient (Wildman–Crippen LogP) is 1.68. The van der Waals surface area contributed by atoms with Gasteiger partial charge >= 0.3 is 0 Å². The van der Waals surface area contributed by atoms with Crippen LogP contribution in [0.4, 0.5) is 0 Å². The molecule has 0 amide bonds. The third kappa shape index (κ3) is 2.40. The van der Waals surface area contributed by atoms with Crippen molar-refractivity contribution in [1.82, 2.24) is 15.0 Å². The Kier molecular flexibility index (Phi) is 3.21. The lowest BCUT2D eigenvalue weighted by Crippen LogP contribution is -2.10. The maximum absolute atomic E-state index is 11.5. The van der Waals surface area contributed by atoms with E-state index in [1.165, 1.54) is 24.2 Å². The van der Waals surface area contributed by atoms with Crippen LogP contribution in [0.5, 0.6) is 11.5 Å². The van der Waals surface area contributed by atoms with Crippen molar-refractivity contribution in [2.24, 2.45) is 0 Å². The van der Waals surface area contributed by atoms with Gasteiger partial charge in [-0.15, -0.1) is 0 Å². The molecule has 2 aromatic heterocycles. The summed E-state index contributed by atoms with van der Waals surface area (Å²) in [6.07, 6.45) is 6.39. The van der Waals surface area contributed by atoms with E-state index in [9.17, 15) is 4.79 Å². The van der Waals surface area contributed by atoms with E-state index in [-0.39, 0.29) is 11.3 Å². The summed E-state index contributed by atoms with van der Waals surface area (Å²) in [6.45, 7) is 0. The van der Waals surface area contributed by atoms with Gasteiger partial charge in [0, 0.05) is 6.20 Å². The van der Waals surface area contributed by atoms with Crippen molar-refractivity contribution in [3.8, 4) is 11.5 Å². The molecule has 0 aromatic carbocycles. The fourth-order valence-electron chi connectivity index (χ4n) is 1.08. The lowest BCUT2D eigenvalue weighted by molar-refractivity contribution is 0.467. The first-order chi connectivity index (χ1) is 7.79. The Balaban J connectivity index is 2.26. The number of nitrogens with one attached hydrogen (secondary N) is 1. The summed E-state index contributed by atoms with van der Waals surface area (Å²) in [4.78, 5) is 22.0. The molecule has 16 heavy (non-hydrogen) atoms. The summed E-state index contributed by atoms with van der Waals surface area (Å²) in [5, 5.41) is 0.559. The van der Waals surface area contributed by atoms with Crippen molar-refractivity contribution in [1.29, 1.82) is 0 Å². The molecule has 0 aliphatic carbocycles. The molecule has 0 unspecified atom stereocenters. The van der Waals surface area contributed by atoms with E-state index in [2.05, 4.69) is 15.0 Å². The van der Waals surface area contributed by atoms with E-state index >= 15 is 0 Å². The van der Waals surface area contributed by atoms with Gasteiger partial charge in [0.15, 0.2) is 5.16 Å². The second kappa shape index (κ2) is 4.80. The first kappa shape index (κ1) is 10.7. The Morgan fingerprint density at radius 2 is 2.31 bits per heavy atom. The summed E-state index contributed by atoms with van der Waals surface area (Å²) < 4.78 is 5.33. The Morgan fingerprint density at radius 1 is 1.44 bits per heavy atom. The second-order valence-electron chi connectivity index (χ2n) is 2.88. The number of aromatic amines is 1. The summed E-state index contributed by atoms with van der Waals surface area (Å²) in [5.41, 5.74) is -0.303. The Hall–Kier alpha value is -1.82. The van der Waals surface area contributed by atoms with Crippen LogP contribution in [0.25, 0.3) is 0 Å². The number of aromatic nitrogens is 3. The Bertz CT molecular complexity index is 527. The zero-order chi connectivity index (χ0) is 11.4. The molecule has 2 heterocycles. The number of hydrogen-bond acceptors (Lipinski definition) is 5. The number of rotatable bonds is 3. The largest absolute Gasteiger partial charge is 0.448 e. The Labute approximate surface area is 95.9 Å². The average molecular weight is 235 g/mol. The maximum Gasteiger partial charge on any atom is 0.294 e. The van der Waals surface area contributed by atoms with Gasteiger partial charge in [-0.05, 0) is 18.4 Å². The molecule has 1 N–H and O–H groups in total. The van der Waals surface area contributed by atoms with Gasteiger partial charge in [-0.3, -0.25) is 14.8 Å². The van der Waals surface area contributed by atoms with Gasteiger partial charge in [0.25, 0.3) is 5.56 Å². The van der Waals surface area contributed by atoms with Crippen LogP contribution in [-0.4, -0.2) is 21.2 Å². The lowest BCUT2D eigenvalue weighted by Gasteiger charge is -2.03. The molecule has 2 aromatic rings. The van der Waals surface area contributed by atoms with E-state index in [4.69, 9.17) is 4.74 Å². The normalized spacial score (nSPS) is 10.1. The number of hydrogen-bond donors (Lipinski definition) is 1. The van der Waals surface area contributed by atoms with E-state index in [0.717, 1.165) is 0 Å². The maximum atomic E-state index is 11.5.